The molecule has 4 heteroatoms. The van der Waals surface area contributed by atoms with E-state index >= 15 is 0 Å². The molecule has 4 nitrogen and oxygen atoms in total. The maximum atomic E-state index is 9.19. The van der Waals surface area contributed by atoms with Gasteiger partial charge in [-0.1, -0.05) is 13.8 Å². The van der Waals surface area contributed by atoms with Crippen LogP contribution in [-0.4, -0.2) is 11.7 Å². The van der Waals surface area contributed by atoms with Crippen molar-refractivity contribution in [3.63, 3.8) is 0 Å². The summed E-state index contributed by atoms with van der Waals surface area (Å²) in [5, 5.41) is 17.4. The summed E-state index contributed by atoms with van der Waals surface area (Å²) in [4.78, 5) is 0. The van der Waals surface area contributed by atoms with Crippen molar-refractivity contribution >= 4 is 11.4 Å². The molecule has 110 valence electrons. The Bertz CT molecular complexity index is 575. The first-order valence-corrected chi connectivity index (χ1v) is 7.07. The van der Waals surface area contributed by atoms with Crippen LogP contribution in [0.4, 0.5) is 11.4 Å². The second-order valence-electron chi connectivity index (χ2n) is 5.24. The van der Waals surface area contributed by atoms with Crippen molar-refractivity contribution in [1.29, 1.82) is 0 Å². The van der Waals surface area contributed by atoms with Gasteiger partial charge in [0.25, 0.3) is 0 Å². The van der Waals surface area contributed by atoms with Gasteiger partial charge in [-0.3, -0.25) is 0 Å². The highest BCUT2D eigenvalue weighted by Gasteiger charge is 1.97. The van der Waals surface area contributed by atoms with Crippen LogP contribution >= 0.6 is 0 Å². The van der Waals surface area contributed by atoms with Gasteiger partial charge in [0, 0.05) is 0 Å². The molecule has 0 atom stereocenters. The number of aromatic hydroxyl groups is 1. The van der Waals surface area contributed by atoms with Crippen LogP contribution in [0.3, 0.4) is 0 Å². The number of phenolic OH excluding ortho intramolecular Hbond substituents is 1. The fraction of sp³-hybridized carbons (Fsp3) is 0.294. The Kier molecular flexibility index (Phi) is 5.32. The van der Waals surface area contributed by atoms with Crippen molar-refractivity contribution in [3.8, 4) is 11.5 Å². The minimum Gasteiger partial charge on any atom is -0.508 e. The van der Waals surface area contributed by atoms with Gasteiger partial charge in [0.15, 0.2) is 0 Å². The number of hydrogen-bond donors (Lipinski definition) is 1. The maximum Gasteiger partial charge on any atom is 0.119 e. The van der Waals surface area contributed by atoms with Crippen LogP contribution in [0.15, 0.2) is 58.8 Å². The molecule has 2 aromatic carbocycles. The van der Waals surface area contributed by atoms with E-state index in [-0.39, 0.29) is 5.75 Å². The molecule has 0 aliphatic carbocycles. The van der Waals surface area contributed by atoms with E-state index in [1.807, 2.05) is 24.3 Å². The molecular weight excluding hydrogens is 264 g/mol. The first-order valence-electron chi connectivity index (χ1n) is 7.07. The molecule has 0 amide bonds. The molecule has 0 radical (unpaired) electrons. The van der Waals surface area contributed by atoms with Crippen LogP contribution in [-0.2, 0) is 0 Å². The summed E-state index contributed by atoms with van der Waals surface area (Å²) >= 11 is 0. The summed E-state index contributed by atoms with van der Waals surface area (Å²) in [5.74, 6) is 1.71. The average molecular weight is 284 g/mol. The second-order valence-corrected chi connectivity index (χ2v) is 5.24. The molecule has 21 heavy (non-hydrogen) atoms. The molecule has 1 N–H and O–H groups in total. The molecule has 0 saturated carbocycles. The Balaban J connectivity index is 1.91. The summed E-state index contributed by atoms with van der Waals surface area (Å²) in [7, 11) is 0. The SMILES string of the molecule is CC(C)CCOc1ccc(N=Nc2ccc(O)cc2)cc1. The van der Waals surface area contributed by atoms with Crippen molar-refractivity contribution in [2.75, 3.05) is 6.61 Å². The van der Waals surface area contributed by atoms with Crippen LogP contribution in [0.25, 0.3) is 0 Å². The van der Waals surface area contributed by atoms with Gasteiger partial charge in [-0.15, -0.1) is 0 Å². The second kappa shape index (κ2) is 7.43. The molecule has 2 rings (SSSR count). The normalized spacial score (nSPS) is 11.2. The first-order chi connectivity index (χ1) is 10.1. The minimum absolute atomic E-state index is 0.219. The number of azo groups is 1. The molecule has 0 aliphatic heterocycles. The summed E-state index contributed by atoms with van der Waals surface area (Å²) in [6.45, 7) is 5.08. The maximum absolute atomic E-state index is 9.19. The zero-order valence-corrected chi connectivity index (χ0v) is 12.4. The summed E-state index contributed by atoms with van der Waals surface area (Å²) in [5.41, 5.74) is 1.46. The number of ether oxygens (including phenoxy) is 1. The highest BCUT2D eigenvalue weighted by Crippen LogP contribution is 2.22. The lowest BCUT2D eigenvalue weighted by molar-refractivity contribution is 0.289. The van der Waals surface area contributed by atoms with E-state index in [4.69, 9.17) is 4.74 Å². The number of rotatable bonds is 6. The quantitative estimate of drug-likeness (QED) is 0.738. The van der Waals surface area contributed by atoms with Crippen LogP contribution in [0.2, 0.25) is 0 Å². The van der Waals surface area contributed by atoms with Crippen molar-refractivity contribution in [3.05, 3.63) is 48.5 Å². The predicted octanol–water partition coefficient (Wildman–Crippen LogP) is 5.23. The Labute approximate surface area is 125 Å². The minimum atomic E-state index is 0.219. The zero-order chi connectivity index (χ0) is 15.1. The number of benzene rings is 2. The van der Waals surface area contributed by atoms with Gasteiger partial charge in [-0.25, -0.2) is 0 Å². The fourth-order valence-corrected chi connectivity index (χ4v) is 1.66. The number of nitrogens with zero attached hydrogens (tertiary/aromatic N) is 2. The van der Waals surface area contributed by atoms with Gasteiger partial charge in [0.2, 0.25) is 0 Å². The van der Waals surface area contributed by atoms with Gasteiger partial charge < -0.3 is 9.84 Å². The van der Waals surface area contributed by atoms with Gasteiger partial charge >= 0.3 is 0 Å². The molecule has 0 saturated heterocycles. The van der Waals surface area contributed by atoms with E-state index in [1.165, 1.54) is 0 Å². The molecule has 0 fully saturated rings. The van der Waals surface area contributed by atoms with Crippen LogP contribution in [0.5, 0.6) is 11.5 Å². The third-order valence-electron chi connectivity index (χ3n) is 2.93. The molecule has 0 spiro atoms. The van der Waals surface area contributed by atoms with E-state index in [2.05, 4.69) is 24.1 Å². The molecule has 0 aromatic heterocycles. The van der Waals surface area contributed by atoms with Crippen LogP contribution in [0.1, 0.15) is 20.3 Å². The monoisotopic (exact) mass is 284 g/mol. The summed E-state index contributed by atoms with van der Waals surface area (Å²) < 4.78 is 5.65. The van der Waals surface area contributed by atoms with Gasteiger partial charge in [0.05, 0.1) is 18.0 Å². The Morgan fingerprint density at radius 2 is 1.43 bits per heavy atom. The highest BCUT2D eigenvalue weighted by atomic mass is 16.5. The highest BCUT2D eigenvalue weighted by molar-refractivity contribution is 5.43. The summed E-state index contributed by atoms with van der Waals surface area (Å²) in [6, 6.07) is 14.1. The lowest BCUT2D eigenvalue weighted by atomic mass is 10.1. The number of phenols is 1. The van der Waals surface area contributed by atoms with Crippen LogP contribution in [0, 0.1) is 5.92 Å². The number of hydrogen-bond acceptors (Lipinski definition) is 4. The lowest BCUT2D eigenvalue weighted by Crippen LogP contribution is -2.00. The Morgan fingerprint density at radius 1 is 0.905 bits per heavy atom. The lowest BCUT2D eigenvalue weighted by Gasteiger charge is -2.07. The van der Waals surface area contributed by atoms with Crippen molar-refractivity contribution in [2.24, 2.45) is 16.1 Å². The first kappa shape index (κ1) is 15.0. The third kappa shape index (κ3) is 5.26. The standard InChI is InChI=1S/C17H20N2O2/c1-13(2)11-12-21-17-9-5-15(6-10-17)19-18-14-3-7-16(20)8-4-14/h3-10,13,20H,11-12H2,1-2H3. The summed E-state index contributed by atoms with van der Waals surface area (Å²) in [6.07, 6.45) is 1.04. The molecule has 0 unspecified atom stereocenters. The molecule has 0 aliphatic rings. The van der Waals surface area contributed by atoms with E-state index in [0.717, 1.165) is 24.5 Å². The topological polar surface area (TPSA) is 54.2 Å². The van der Waals surface area contributed by atoms with Gasteiger partial charge in [0.1, 0.15) is 11.5 Å². The van der Waals surface area contributed by atoms with Crippen molar-refractivity contribution < 1.29 is 9.84 Å². The third-order valence-corrected chi connectivity index (χ3v) is 2.93. The molecule has 2 aromatic rings. The Hall–Kier alpha value is -2.36. The Morgan fingerprint density at radius 3 is 1.95 bits per heavy atom. The molecule has 0 bridgehead atoms. The van der Waals surface area contributed by atoms with Gasteiger partial charge in [-0.2, -0.15) is 10.2 Å². The van der Waals surface area contributed by atoms with E-state index in [9.17, 15) is 5.11 Å². The predicted molar refractivity (Wildman–Crippen MR) is 83.7 cm³/mol. The van der Waals surface area contributed by atoms with E-state index in [1.54, 1.807) is 24.3 Å². The molecule has 0 heterocycles. The van der Waals surface area contributed by atoms with Crippen LogP contribution < -0.4 is 4.74 Å². The average Bonchev–Trinajstić information content (AvgIpc) is 2.48. The van der Waals surface area contributed by atoms with E-state index < -0.39 is 0 Å². The van der Waals surface area contributed by atoms with Crippen molar-refractivity contribution in [2.45, 2.75) is 20.3 Å². The van der Waals surface area contributed by atoms with Crippen molar-refractivity contribution in [1.82, 2.24) is 0 Å². The molecular formula is C17H20N2O2. The smallest absolute Gasteiger partial charge is 0.119 e. The van der Waals surface area contributed by atoms with E-state index in [0.29, 0.717) is 11.6 Å². The van der Waals surface area contributed by atoms with Gasteiger partial charge in [-0.05, 0) is 60.9 Å². The zero-order valence-electron chi connectivity index (χ0n) is 12.4. The fourth-order valence-electron chi connectivity index (χ4n) is 1.66. The largest absolute Gasteiger partial charge is 0.508 e.